The molecule has 1 aliphatic rings. The molecule has 0 saturated carbocycles. The molecule has 20 heavy (non-hydrogen) atoms. The number of hydrogen-bond donors (Lipinski definition) is 3. The molecule has 0 radical (unpaired) electrons. The van der Waals surface area contributed by atoms with Crippen LogP contribution in [0.5, 0.6) is 0 Å². The van der Waals surface area contributed by atoms with Crippen LogP contribution in [0.1, 0.15) is 12.0 Å². The summed E-state index contributed by atoms with van der Waals surface area (Å²) in [5, 5.41) is 24.5. The minimum absolute atomic E-state index is 0.00881. The Morgan fingerprint density at radius 3 is 3.05 bits per heavy atom. The van der Waals surface area contributed by atoms with Crippen LogP contribution in [0.2, 0.25) is 0 Å². The number of carbonyl (C=O) groups excluding carboxylic acids is 1. The number of aromatic nitrogens is 2. The fraction of sp³-hybridized carbons (Fsp3) is 0.583. The highest BCUT2D eigenvalue weighted by Crippen LogP contribution is 2.13. The van der Waals surface area contributed by atoms with Crippen molar-refractivity contribution >= 4 is 11.9 Å². The number of amides is 1. The van der Waals surface area contributed by atoms with Gasteiger partial charge in [0, 0.05) is 31.4 Å². The highest BCUT2D eigenvalue weighted by atomic mass is 16.4. The lowest BCUT2D eigenvalue weighted by Gasteiger charge is -2.33. The minimum atomic E-state index is -0.993. The zero-order valence-corrected chi connectivity index (χ0v) is 11.0. The van der Waals surface area contributed by atoms with Gasteiger partial charge >= 0.3 is 5.97 Å². The highest BCUT2D eigenvalue weighted by molar-refractivity contribution is 5.86. The van der Waals surface area contributed by atoms with Gasteiger partial charge in [0.05, 0.1) is 25.8 Å². The molecule has 1 saturated heterocycles. The lowest BCUT2D eigenvalue weighted by Crippen LogP contribution is -2.55. The largest absolute Gasteiger partial charge is 0.481 e. The van der Waals surface area contributed by atoms with Gasteiger partial charge in [0.15, 0.2) is 0 Å². The zero-order chi connectivity index (χ0) is 14.5. The monoisotopic (exact) mass is 282 g/mol. The van der Waals surface area contributed by atoms with E-state index < -0.39 is 12.0 Å². The van der Waals surface area contributed by atoms with Crippen molar-refractivity contribution < 1.29 is 19.8 Å². The third-order valence-corrected chi connectivity index (χ3v) is 3.21. The molecule has 2 heterocycles. The van der Waals surface area contributed by atoms with E-state index >= 15 is 0 Å². The molecule has 1 aromatic heterocycles. The number of aliphatic hydroxyl groups excluding tert-OH is 1. The number of carboxylic acid groups (broad SMARTS) is 1. The van der Waals surface area contributed by atoms with Gasteiger partial charge in [-0.3, -0.25) is 19.2 Å². The standard InChI is InChI=1S/C12H18N4O4/c17-4-3-16-8-9(6-14-16)7-15-2-1-13-12(20)10(15)5-11(18)19/h6,8,10,17H,1-5,7H2,(H,13,20)(H,18,19). The summed E-state index contributed by atoms with van der Waals surface area (Å²) in [4.78, 5) is 24.5. The normalized spacial score (nSPS) is 19.9. The summed E-state index contributed by atoms with van der Waals surface area (Å²) in [5.41, 5.74) is 0.892. The summed E-state index contributed by atoms with van der Waals surface area (Å²) in [5.74, 6) is -1.24. The SMILES string of the molecule is O=C(O)CC1C(=O)NCCN1Cc1cnn(CCO)c1. The maximum Gasteiger partial charge on any atom is 0.305 e. The molecule has 0 aromatic carbocycles. The number of aliphatic hydroxyl groups is 1. The van der Waals surface area contributed by atoms with Gasteiger partial charge in [-0.2, -0.15) is 5.10 Å². The Bertz CT molecular complexity index is 488. The molecule has 8 heteroatoms. The number of nitrogens with one attached hydrogen (secondary N) is 1. The third-order valence-electron chi connectivity index (χ3n) is 3.21. The molecule has 110 valence electrons. The van der Waals surface area contributed by atoms with E-state index in [9.17, 15) is 9.59 Å². The maximum atomic E-state index is 11.8. The number of rotatable bonds is 6. The van der Waals surface area contributed by atoms with Crippen molar-refractivity contribution in [1.82, 2.24) is 20.0 Å². The zero-order valence-electron chi connectivity index (χ0n) is 11.0. The molecule has 1 unspecified atom stereocenters. The van der Waals surface area contributed by atoms with Crippen LogP contribution in [0, 0.1) is 0 Å². The molecule has 1 atom stereocenters. The second-order valence-corrected chi connectivity index (χ2v) is 4.71. The number of nitrogens with zero attached hydrogens (tertiary/aromatic N) is 3. The number of hydrogen-bond acceptors (Lipinski definition) is 5. The Kier molecular flexibility index (Phi) is 4.70. The third kappa shape index (κ3) is 3.55. The average Bonchev–Trinajstić information content (AvgIpc) is 2.81. The van der Waals surface area contributed by atoms with Crippen molar-refractivity contribution in [3.63, 3.8) is 0 Å². The second kappa shape index (κ2) is 6.49. The maximum absolute atomic E-state index is 11.8. The Morgan fingerprint density at radius 1 is 1.55 bits per heavy atom. The first kappa shape index (κ1) is 14.5. The predicted octanol–water partition coefficient (Wildman–Crippen LogP) is -1.35. The smallest absolute Gasteiger partial charge is 0.305 e. The molecule has 0 aliphatic carbocycles. The summed E-state index contributed by atoms with van der Waals surface area (Å²) < 4.78 is 1.62. The van der Waals surface area contributed by atoms with Crippen molar-refractivity contribution in [2.24, 2.45) is 0 Å². The topological polar surface area (TPSA) is 108 Å². The van der Waals surface area contributed by atoms with Gasteiger partial charge < -0.3 is 15.5 Å². The van der Waals surface area contributed by atoms with E-state index in [0.29, 0.717) is 26.2 Å². The van der Waals surface area contributed by atoms with Gasteiger partial charge in [-0.05, 0) is 0 Å². The van der Waals surface area contributed by atoms with Crippen LogP contribution in [0.4, 0.5) is 0 Å². The number of aliphatic carboxylic acids is 1. The Morgan fingerprint density at radius 2 is 2.35 bits per heavy atom. The number of carboxylic acids is 1. The molecule has 0 spiro atoms. The minimum Gasteiger partial charge on any atom is -0.481 e. The van der Waals surface area contributed by atoms with Crippen molar-refractivity contribution in [2.75, 3.05) is 19.7 Å². The summed E-state index contributed by atoms with van der Waals surface area (Å²) in [7, 11) is 0. The Hall–Kier alpha value is -1.93. The van der Waals surface area contributed by atoms with Crippen LogP contribution in [0.25, 0.3) is 0 Å². The van der Waals surface area contributed by atoms with Gasteiger partial charge in [-0.1, -0.05) is 0 Å². The first-order valence-corrected chi connectivity index (χ1v) is 6.46. The molecular formula is C12H18N4O4. The molecule has 1 fully saturated rings. The Labute approximate surface area is 116 Å². The van der Waals surface area contributed by atoms with Crippen molar-refractivity contribution in [1.29, 1.82) is 0 Å². The van der Waals surface area contributed by atoms with Gasteiger partial charge in [-0.25, -0.2) is 0 Å². The van der Waals surface area contributed by atoms with Crippen molar-refractivity contribution in [2.45, 2.75) is 25.6 Å². The van der Waals surface area contributed by atoms with Crippen LogP contribution in [0.15, 0.2) is 12.4 Å². The van der Waals surface area contributed by atoms with E-state index in [1.54, 1.807) is 17.1 Å². The molecule has 1 aliphatic heterocycles. The Balaban J connectivity index is 2.03. The molecule has 8 nitrogen and oxygen atoms in total. The first-order chi connectivity index (χ1) is 9.60. The van der Waals surface area contributed by atoms with E-state index in [1.807, 2.05) is 4.90 Å². The fourth-order valence-electron chi connectivity index (χ4n) is 2.29. The highest BCUT2D eigenvalue weighted by Gasteiger charge is 2.31. The predicted molar refractivity (Wildman–Crippen MR) is 68.8 cm³/mol. The van der Waals surface area contributed by atoms with E-state index in [0.717, 1.165) is 5.56 Å². The lowest BCUT2D eigenvalue weighted by molar-refractivity contribution is -0.143. The fourth-order valence-corrected chi connectivity index (χ4v) is 2.29. The van der Waals surface area contributed by atoms with E-state index in [4.69, 9.17) is 10.2 Å². The van der Waals surface area contributed by atoms with Gasteiger partial charge in [0.2, 0.25) is 5.91 Å². The molecule has 2 rings (SSSR count). The summed E-state index contributed by atoms with van der Waals surface area (Å²) >= 11 is 0. The lowest BCUT2D eigenvalue weighted by atomic mass is 10.1. The summed E-state index contributed by atoms with van der Waals surface area (Å²) in [6.07, 6.45) is 3.25. The molecule has 0 bridgehead atoms. The van der Waals surface area contributed by atoms with Crippen molar-refractivity contribution in [3.8, 4) is 0 Å². The van der Waals surface area contributed by atoms with E-state index in [1.165, 1.54) is 0 Å². The quantitative estimate of drug-likeness (QED) is 0.595. The summed E-state index contributed by atoms with van der Waals surface area (Å²) in [6, 6.07) is -0.651. The molecule has 1 aromatic rings. The second-order valence-electron chi connectivity index (χ2n) is 4.71. The van der Waals surface area contributed by atoms with Crippen LogP contribution in [-0.4, -0.2) is 62.5 Å². The van der Waals surface area contributed by atoms with E-state index in [2.05, 4.69) is 10.4 Å². The van der Waals surface area contributed by atoms with Crippen LogP contribution < -0.4 is 5.32 Å². The van der Waals surface area contributed by atoms with E-state index in [-0.39, 0.29) is 18.9 Å². The molecular weight excluding hydrogens is 264 g/mol. The van der Waals surface area contributed by atoms with Crippen molar-refractivity contribution in [3.05, 3.63) is 18.0 Å². The van der Waals surface area contributed by atoms with Crippen LogP contribution >= 0.6 is 0 Å². The van der Waals surface area contributed by atoms with Gasteiger partial charge in [-0.15, -0.1) is 0 Å². The number of carbonyl (C=O) groups is 2. The summed E-state index contributed by atoms with van der Waals surface area (Å²) in [6.45, 7) is 2.01. The first-order valence-electron chi connectivity index (χ1n) is 6.46. The van der Waals surface area contributed by atoms with Gasteiger partial charge in [0.25, 0.3) is 0 Å². The van der Waals surface area contributed by atoms with Crippen LogP contribution in [-0.2, 0) is 22.7 Å². The number of piperazine rings is 1. The van der Waals surface area contributed by atoms with Crippen LogP contribution in [0.3, 0.4) is 0 Å². The molecule has 1 amide bonds. The molecule has 3 N–H and O–H groups in total. The average molecular weight is 282 g/mol. The van der Waals surface area contributed by atoms with Gasteiger partial charge in [0.1, 0.15) is 6.04 Å².